The minimum Gasteiger partial charge on any atom is -0.299 e. The number of carbonyl (C=O) groups excluding carboxylic acids is 1. The second kappa shape index (κ2) is 6.30. The molecule has 2 rings (SSSR count). The molecule has 0 amide bonds. The smallest absolute Gasteiger partial charge is 0.138 e. The molecule has 0 aliphatic heterocycles. The van der Waals surface area contributed by atoms with Crippen LogP contribution in [-0.2, 0) is 17.6 Å². The maximum atomic E-state index is 11.9. The summed E-state index contributed by atoms with van der Waals surface area (Å²) in [5.41, 5.74) is 2.49. The number of carbonyl (C=O) groups is 1. The third kappa shape index (κ3) is 3.79. The highest BCUT2D eigenvalue weighted by atomic mass is 79.9. The van der Waals surface area contributed by atoms with Gasteiger partial charge in [0.15, 0.2) is 0 Å². The Kier molecular flexibility index (Phi) is 4.72. The predicted molar refractivity (Wildman–Crippen MR) is 80.2 cm³/mol. The van der Waals surface area contributed by atoms with E-state index in [0.717, 1.165) is 15.8 Å². The molecule has 94 valence electrons. The van der Waals surface area contributed by atoms with Gasteiger partial charge in [0.1, 0.15) is 5.78 Å². The van der Waals surface area contributed by atoms with Crippen molar-refractivity contribution in [2.24, 2.45) is 0 Å². The third-order valence-electron chi connectivity index (χ3n) is 2.86. The summed E-state index contributed by atoms with van der Waals surface area (Å²) in [4.78, 5) is 13.0. The van der Waals surface area contributed by atoms with E-state index in [9.17, 15) is 4.79 Å². The molecule has 1 heterocycles. The Morgan fingerprint density at radius 1 is 1.22 bits per heavy atom. The summed E-state index contributed by atoms with van der Waals surface area (Å²) in [6.45, 7) is 2.07. The van der Waals surface area contributed by atoms with Crippen molar-refractivity contribution in [2.75, 3.05) is 0 Å². The summed E-state index contributed by atoms with van der Waals surface area (Å²) >= 11 is 5.09. The van der Waals surface area contributed by atoms with Crippen LogP contribution in [0, 0.1) is 6.92 Å². The summed E-state index contributed by atoms with van der Waals surface area (Å²) in [5.74, 6) is 0.304. The zero-order valence-electron chi connectivity index (χ0n) is 10.3. The van der Waals surface area contributed by atoms with E-state index in [0.29, 0.717) is 18.6 Å². The lowest BCUT2D eigenvalue weighted by molar-refractivity contribution is -0.118. The van der Waals surface area contributed by atoms with Crippen LogP contribution in [0.1, 0.15) is 22.4 Å². The Labute approximate surface area is 120 Å². The van der Waals surface area contributed by atoms with Crippen LogP contribution in [0.2, 0.25) is 0 Å². The van der Waals surface area contributed by atoms with E-state index in [1.807, 2.05) is 11.4 Å². The van der Waals surface area contributed by atoms with Crippen molar-refractivity contribution >= 4 is 33.0 Å². The summed E-state index contributed by atoms with van der Waals surface area (Å²) in [6, 6.07) is 10.4. The second-order valence-corrected chi connectivity index (χ2v) is 6.25. The Hall–Kier alpha value is -0.930. The van der Waals surface area contributed by atoms with Crippen LogP contribution in [0.3, 0.4) is 0 Å². The summed E-state index contributed by atoms with van der Waals surface area (Å²) in [5, 5.41) is 2.01. The number of aryl methyl sites for hydroxylation is 2. The largest absolute Gasteiger partial charge is 0.299 e. The summed E-state index contributed by atoms with van der Waals surface area (Å²) < 4.78 is 1.05. The van der Waals surface area contributed by atoms with Gasteiger partial charge in [0.25, 0.3) is 0 Å². The van der Waals surface area contributed by atoms with Gasteiger partial charge in [-0.05, 0) is 46.3 Å². The normalized spacial score (nSPS) is 10.6. The first-order valence-electron chi connectivity index (χ1n) is 5.94. The fourth-order valence-electron chi connectivity index (χ4n) is 1.76. The molecule has 0 N–H and O–H groups in total. The minimum atomic E-state index is 0.304. The molecule has 3 heteroatoms. The molecular weight excluding hydrogens is 308 g/mol. The topological polar surface area (TPSA) is 17.1 Å². The maximum absolute atomic E-state index is 11.9. The van der Waals surface area contributed by atoms with Crippen molar-refractivity contribution in [3.05, 3.63) is 56.2 Å². The molecule has 0 fully saturated rings. The first kappa shape index (κ1) is 13.5. The molecule has 0 spiro atoms. The van der Waals surface area contributed by atoms with Crippen molar-refractivity contribution in [2.45, 2.75) is 26.2 Å². The molecular formula is C15H15BrOS. The van der Waals surface area contributed by atoms with E-state index in [1.165, 1.54) is 11.1 Å². The lowest BCUT2D eigenvalue weighted by atomic mass is 10.0. The van der Waals surface area contributed by atoms with Gasteiger partial charge in [-0.1, -0.05) is 29.8 Å². The molecule has 0 saturated carbocycles. The van der Waals surface area contributed by atoms with Gasteiger partial charge in [-0.15, -0.1) is 11.3 Å². The highest BCUT2D eigenvalue weighted by molar-refractivity contribution is 9.10. The fraction of sp³-hybridized carbons (Fsp3) is 0.267. The van der Waals surface area contributed by atoms with Gasteiger partial charge in [-0.3, -0.25) is 4.79 Å². The average Bonchev–Trinajstić information content (AvgIpc) is 2.74. The molecule has 0 radical (unpaired) electrons. The standard InChI is InChI=1S/C15H15BrOS/c1-11-2-4-12(5-3-11)6-7-13(17)10-15-14(16)8-9-18-15/h2-5,8-9H,6-7,10H2,1H3. The molecule has 1 aromatic heterocycles. The zero-order valence-corrected chi connectivity index (χ0v) is 12.7. The third-order valence-corrected chi connectivity index (χ3v) is 4.79. The second-order valence-electron chi connectivity index (χ2n) is 4.39. The molecule has 1 nitrogen and oxygen atoms in total. The maximum Gasteiger partial charge on any atom is 0.138 e. The molecule has 0 bridgehead atoms. The van der Waals surface area contributed by atoms with Crippen LogP contribution >= 0.6 is 27.3 Å². The quantitative estimate of drug-likeness (QED) is 0.788. The van der Waals surface area contributed by atoms with E-state index < -0.39 is 0 Å². The SMILES string of the molecule is Cc1ccc(CCC(=O)Cc2sccc2Br)cc1. The highest BCUT2D eigenvalue weighted by Gasteiger charge is 2.08. The van der Waals surface area contributed by atoms with Gasteiger partial charge in [0.2, 0.25) is 0 Å². The number of hydrogen-bond acceptors (Lipinski definition) is 2. The highest BCUT2D eigenvalue weighted by Crippen LogP contribution is 2.23. The van der Waals surface area contributed by atoms with E-state index in [4.69, 9.17) is 0 Å². The van der Waals surface area contributed by atoms with Crippen molar-refractivity contribution in [3.8, 4) is 0 Å². The number of Topliss-reactive ketones (excluding diaryl/α,β-unsaturated/α-hetero) is 1. The van der Waals surface area contributed by atoms with E-state index >= 15 is 0 Å². The van der Waals surface area contributed by atoms with Gasteiger partial charge in [0.05, 0.1) is 0 Å². The van der Waals surface area contributed by atoms with Crippen molar-refractivity contribution in [1.82, 2.24) is 0 Å². The molecule has 0 saturated heterocycles. The van der Waals surface area contributed by atoms with Gasteiger partial charge >= 0.3 is 0 Å². The number of hydrogen-bond donors (Lipinski definition) is 0. The first-order chi connectivity index (χ1) is 8.65. The van der Waals surface area contributed by atoms with Gasteiger partial charge in [-0.25, -0.2) is 0 Å². The summed E-state index contributed by atoms with van der Waals surface area (Å²) in [6.07, 6.45) is 2.00. The van der Waals surface area contributed by atoms with E-state index in [-0.39, 0.29) is 0 Å². The Bertz CT molecular complexity index is 528. The summed E-state index contributed by atoms with van der Waals surface area (Å²) in [7, 11) is 0. The lowest BCUT2D eigenvalue weighted by Crippen LogP contribution is -2.03. The van der Waals surface area contributed by atoms with Crippen LogP contribution in [-0.4, -0.2) is 5.78 Å². The van der Waals surface area contributed by atoms with Crippen LogP contribution in [0.5, 0.6) is 0 Å². The molecule has 1 aromatic carbocycles. The molecule has 2 aromatic rings. The van der Waals surface area contributed by atoms with Gasteiger partial charge < -0.3 is 0 Å². The van der Waals surface area contributed by atoms with Crippen molar-refractivity contribution < 1.29 is 4.79 Å². The van der Waals surface area contributed by atoms with Gasteiger partial charge in [0, 0.05) is 22.2 Å². The molecule has 0 aliphatic rings. The first-order valence-corrected chi connectivity index (χ1v) is 7.61. The Morgan fingerprint density at radius 2 is 1.94 bits per heavy atom. The van der Waals surface area contributed by atoms with Crippen molar-refractivity contribution in [1.29, 1.82) is 0 Å². The predicted octanol–water partition coefficient (Wildman–Crippen LogP) is 4.56. The van der Waals surface area contributed by atoms with Gasteiger partial charge in [-0.2, -0.15) is 0 Å². The van der Waals surface area contributed by atoms with Crippen LogP contribution in [0.25, 0.3) is 0 Å². The van der Waals surface area contributed by atoms with Crippen LogP contribution < -0.4 is 0 Å². The molecule has 0 aliphatic carbocycles. The molecule has 0 atom stereocenters. The number of benzene rings is 1. The average molecular weight is 323 g/mol. The number of thiophene rings is 1. The van der Waals surface area contributed by atoms with E-state index in [1.54, 1.807) is 11.3 Å². The Morgan fingerprint density at radius 3 is 2.56 bits per heavy atom. The van der Waals surface area contributed by atoms with Crippen LogP contribution in [0.15, 0.2) is 40.2 Å². The number of halogens is 1. The molecule has 0 unspecified atom stereocenters. The zero-order chi connectivity index (χ0) is 13.0. The molecule has 18 heavy (non-hydrogen) atoms. The number of ketones is 1. The van der Waals surface area contributed by atoms with Crippen molar-refractivity contribution in [3.63, 3.8) is 0 Å². The van der Waals surface area contributed by atoms with Crippen LogP contribution in [0.4, 0.5) is 0 Å². The fourth-order valence-corrected chi connectivity index (χ4v) is 3.28. The monoisotopic (exact) mass is 322 g/mol. The van der Waals surface area contributed by atoms with E-state index in [2.05, 4.69) is 47.1 Å². The Balaban J connectivity index is 1.85. The number of rotatable bonds is 5. The minimum absolute atomic E-state index is 0.304. The lowest BCUT2D eigenvalue weighted by Gasteiger charge is -2.02.